The van der Waals surface area contributed by atoms with Gasteiger partial charge < -0.3 is 10.0 Å². The number of aromatic carboxylic acids is 1. The van der Waals surface area contributed by atoms with E-state index in [1.54, 1.807) is 24.3 Å². The molecule has 0 atom stereocenters. The van der Waals surface area contributed by atoms with Gasteiger partial charge in [-0.25, -0.2) is 19.2 Å². The zero-order chi connectivity index (χ0) is 18.8. The van der Waals surface area contributed by atoms with Crippen molar-refractivity contribution in [2.24, 2.45) is 0 Å². The number of fused-ring (bicyclic) bond motifs is 1. The highest BCUT2D eigenvalue weighted by Crippen LogP contribution is 2.31. The average Bonchev–Trinajstić information content (AvgIpc) is 2.96. The minimum absolute atomic E-state index is 0.188. The van der Waals surface area contributed by atoms with Crippen LogP contribution in [0.5, 0.6) is 0 Å². The number of hydrogen-bond donors (Lipinski definition) is 1. The zero-order valence-corrected chi connectivity index (χ0v) is 14.9. The van der Waals surface area contributed by atoms with Crippen molar-refractivity contribution >= 4 is 22.8 Å². The molecule has 138 valence electrons. The second kappa shape index (κ2) is 7.31. The van der Waals surface area contributed by atoms with Crippen LogP contribution in [0.1, 0.15) is 36.0 Å². The highest BCUT2D eigenvalue weighted by atomic mass is 19.1. The van der Waals surface area contributed by atoms with Crippen LogP contribution in [0.25, 0.3) is 22.3 Å². The SMILES string of the molecule is O=C(O)c1ccc2nc(-c3ccc(F)cc3)c(N3CCCCCC3)nc2c1. The molecule has 6 heteroatoms. The van der Waals surface area contributed by atoms with E-state index in [9.17, 15) is 14.3 Å². The molecule has 0 unspecified atom stereocenters. The molecule has 1 N–H and O–H groups in total. The van der Waals surface area contributed by atoms with Gasteiger partial charge in [0.15, 0.2) is 5.82 Å². The van der Waals surface area contributed by atoms with E-state index >= 15 is 0 Å². The lowest BCUT2D eigenvalue weighted by atomic mass is 10.1. The molecule has 1 fully saturated rings. The molecule has 3 aromatic rings. The van der Waals surface area contributed by atoms with Crippen molar-refractivity contribution in [3.8, 4) is 11.3 Å². The number of carboxylic acid groups (broad SMARTS) is 1. The van der Waals surface area contributed by atoms with E-state index < -0.39 is 5.97 Å². The van der Waals surface area contributed by atoms with Gasteiger partial charge in [0.2, 0.25) is 0 Å². The lowest BCUT2D eigenvalue weighted by Crippen LogP contribution is -2.26. The maximum absolute atomic E-state index is 13.4. The Hall–Kier alpha value is -3.02. The van der Waals surface area contributed by atoms with Gasteiger partial charge >= 0.3 is 5.97 Å². The van der Waals surface area contributed by atoms with Crippen molar-refractivity contribution in [2.75, 3.05) is 18.0 Å². The summed E-state index contributed by atoms with van der Waals surface area (Å²) in [5.41, 5.74) is 2.87. The summed E-state index contributed by atoms with van der Waals surface area (Å²) >= 11 is 0. The van der Waals surface area contributed by atoms with E-state index in [1.807, 2.05) is 0 Å². The Balaban J connectivity index is 1.89. The topological polar surface area (TPSA) is 66.3 Å². The van der Waals surface area contributed by atoms with Crippen LogP contribution in [0.4, 0.5) is 10.2 Å². The normalized spacial score (nSPS) is 14.9. The van der Waals surface area contributed by atoms with E-state index in [0.29, 0.717) is 16.7 Å². The van der Waals surface area contributed by atoms with Crippen molar-refractivity contribution in [1.82, 2.24) is 9.97 Å². The Bertz CT molecular complexity index is 981. The second-order valence-corrected chi connectivity index (χ2v) is 6.81. The van der Waals surface area contributed by atoms with Gasteiger partial charge in [-0.05, 0) is 55.3 Å². The minimum Gasteiger partial charge on any atom is -0.478 e. The molecule has 0 spiro atoms. The van der Waals surface area contributed by atoms with Gasteiger partial charge in [0.1, 0.15) is 11.5 Å². The first-order valence-corrected chi connectivity index (χ1v) is 9.18. The summed E-state index contributed by atoms with van der Waals surface area (Å²) in [7, 11) is 0. The van der Waals surface area contributed by atoms with Crippen LogP contribution in [-0.2, 0) is 0 Å². The standard InChI is InChI=1S/C21H20FN3O2/c22-16-8-5-14(6-9-16)19-20(25-11-3-1-2-4-12-25)24-18-13-15(21(26)27)7-10-17(18)23-19/h5-10,13H,1-4,11-12H2,(H,26,27). The zero-order valence-electron chi connectivity index (χ0n) is 14.9. The van der Waals surface area contributed by atoms with Crippen molar-refractivity contribution in [1.29, 1.82) is 0 Å². The molecule has 27 heavy (non-hydrogen) atoms. The third-order valence-electron chi connectivity index (χ3n) is 4.92. The maximum Gasteiger partial charge on any atom is 0.335 e. The first-order chi connectivity index (χ1) is 13.1. The summed E-state index contributed by atoms with van der Waals surface area (Å²) in [6, 6.07) is 11.0. The Morgan fingerprint density at radius 3 is 2.30 bits per heavy atom. The van der Waals surface area contributed by atoms with Crippen molar-refractivity contribution < 1.29 is 14.3 Å². The molecule has 5 nitrogen and oxygen atoms in total. The van der Waals surface area contributed by atoms with Gasteiger partial charge in [0.25, 0.3) is 0 Å². The number of benzene rings is 2. The fraction of sp³-hybridized carbons (Fsp3) is 0.286. The van der Waals surface area contributed by atoms with Gasteiger partial charge in [0.05, 0.1) is 16.6 Å². The van der Waals surface area contributed by atoms with Crippen LogP contribution in [0.2, 0.25) is 0 Å². The summed E-state index contributed by atoms with van der Waals surface area (Å²) in [6.07, 6.45) is 4.54. The third-order valence-corrected chi connectivity index (χ3v) is 4.92. The van der Waals surface area contributed by atoms with Crippen LogP contribution >= 0.6 is 0 Å². The van der Waals surface area contributed by atoms with Crippen molar-refractivity contribution in [3.05, 3.63) is 53.8 Å². The number of carboxylic acids is 1. The van der Waals surface area contributed by atoms with Crippen LogP contribution in [0.15, 0.2) is 42.5 Å². The lowest BCUT2D eigenvalue weighted by molar-refractivity contribution is 0.0697. The van der Waals surface area contributed by atoms with E-state index in [0.717, 1.165) is 37.3 Å². The van der Waals surface area contributed by atoms with Gasteiger partial charge in [-0.1, -0.05) is 12.8 Å². The molecule has 4 rings (SSSR count). The van der Waals surface area contributed by atoms with Crippen LogP contribution in [0.3, 0.4) is 0 Å². The number of carbonyl (C=O) groups is 1. The van der Waals surface area contributed by atoms with Gasteiger partial charge in [-0.3, -0.25) is 0 Å². The molecule has 0 aliphatic carbocycles. The van der Waals surface area contributed by atoms with E-state index in [-0.39, 0.29) is 11.4 Å². The molecule has 2 aromatic carbocycles. The molecule has 1 aromatic heterocycles. The van der Waals surface area contributed by atoms with E-state index in [1.165, 1.54) is 31.0 Å². The highest BCUT2D eigenvalue weighted by Gasteiger charge is 2.19. The molecule has 0 bridgehead atoms. The Morgan fingerprint density at radius 1 is 0.926 bits per heavy atom. The fourth-order valence-corrected chi connectivity index (χ4v) is 3.48. The number of rotatable bonds is 3. The summed E-state index contributed by atoms with van der Waals surface area (Å²) in [6.45, 7) is 1.76. The maximum atomic E-state index is 13.4. The molecule has 1 aliphatic rings. The van der Waals surface area contributed by atoms with Crippen molar-refractivity contribution in [3.63, 3.8) is 0 Å². The first kappa shape index (κ1) is 17.4. The summed E-state index contributed by atoms with van der Waals surface area (Å²) in [4.78, 5) is 23.1. The van der Waals surface area contributed by atoms with Crippen molar-refractivity contribution in [2.45, 2.75) is 25.7 Å². The van der Waals surface area contributed by atoms with E-state index in [2.05, 4.69) is 4.90 Å². The smallest absolute Gasteiger partial charge is 0.335 e. The molecule has 1 aliphatic heterocycles. The van der Waals surface area contributed by atoms with Gasteiger partial charge in [0, 0.05) is 18.7 Å². The number of aromatic nitrogens is 2. The Labute approximate surface area is 156 Å². The third kappa shape index (κ3) is 3.60. The Kier molecular flexibility index (Phi) is 4.71. The molecule has 2 heterocycles. The van der Waals surface area contributed by atoms with E-state index in [4.69, 9.17) is 9.97 Å². The average molecular weight is 365 g/mol. The predicted octanol–water partition coefficient (Wildman–Crippen LogP) is 4.51. The number of nitrogens with zero attached hydrogens (tertiary/aromatic N) is 3. The number of halogens is 1. The quantitative estimate of drug-likeness (QED) is 0.739. The summed E-state index contributed by atoms with van der Waals surface area (Å²) in [5, 5.41) is 9.26. The monoisotopic (exact) mass is 365 g/mol. The first-order valence-electron chi connectivity index (χ1n) is 9.18. The van der Waals surface area contributed by atoms with Gasteiger partial charge in [-0.15, -0.1) is 0 Å². The lowest BCUT2D eigenvalue weighted by Gasteiger charge is -2.24. The molecule has 0 radical (unpaired) electrons. The largest absolute Gasteiger partial charge is 0.478 e. The molecule has 1 saturated heterocycles. The van der Waals surface area contributed by atoms with Crippen LogP contribution in [0, 0.1) is 5.82 Å². The molecular formula is C21H20FN3O2. The minimum atomic E-state index is -0.988. The van der Waals surface area contributed by atoms with Crippen LogP contribution < -0.4 is 4.90 Å². The molecule has 0 saturated carbocycles. The van der Waals surface area contributed by atoms with Crippen LogP contribution in [-0.4, -0.2) is 34.1 Å². The fourth-order valence-electron chi connectivity index (χ4n) is 3.48. The second-order valence-electron chi connectivity index (χ2n) is 6.81. The summed E-state index contributed by atoms with van der Waals surface area (Å²) < 4.78 is 13.4. The number of hydrogen-bond acceptors (Lipinski definition) is 4. The molecule has 0 amide bonds. The summed E-state index contributed by atoms with van der Waals surface area (Å²) in [5.74, 6) is -0.550. The van der Waals surface area contributed by atoms with Gasteiger partial charge in [-0.2, -0.15) is 0 Å². The Morgan fingerprint density at radius 2 is 1.63 bits per heavy atom. The predicted molar refractivity (Wildman–Crippen MR) is 103 cm³/mol. The number of anilines is 1. The highest BCUT2D eigenvalue weighted by molar-refractivity contribution is 5.93. The molecular weight excluding hydrogens is 345 g/mol.